The van der Waals surface area contributed by atoms with Gasteiger partial charge in [-0.05, 0) is 31.2 Å². The van der Waals surface area contributed by atoms with E-state index in [0.717, 1.165) is 62.7 Å². The first-order valence-corrected chi connectivity index (χ1v) is 9.71. The first-order valence-electron chi connectivity index (χ1n) is 8.83. The molecule has 2 heterocycles. The minimum atomic E-state index is -1.11. The van der Waals surface area contributed by atoms with E-state index in [4.69, 9.17) is 4.74 Å². The number of ether oxygens (including phenoxy) is 1. The largest absolute Gasteiger partial charge is 0.379 e. The van der Waals surface area contributed by atoms with Crippen LogP contribution in [0.15, 0.2) is 23.6 Å². The topological polar surface area (TPSA) is 83.6 Å². The van der Waals surface area contributed by atoms with Gasteiger partial charge in [-0.3, -0.25) is 19.8 Å². The number of carbonyl (C=O) groups excluding carboxylic acids is 2. The molecule has 1 aliphatic heterocycles. The van der Waals surface area contributed by atoms with Gasteiger partial charge in [0.2, 0.25) is 0 Å². The lowest BCUT2D eigenvalue weighted by Gasteiger charge is -2.26. The number of halogens is 2. The van der Waals surface area contributed by atoms with Crippen LogP contribution in [0, 0.1) is 11.6 Å². The Balaban J connectivity index is 1.45. The molecule has 2 amide bonds. The van der Waals surface area contributed by atoms with Crippen molar-refractivity contribution in [3.05, 3.63) is 46.5 Å². The zero-order valence-electron chi connectivity index (χ0n) is 15.0. The van der Waals surface area contributed by atoms with Gasteiger partial charge in [0.25, 0.3) is 11.8 Å². The van der Waals surface area contributed by atoms with Gasteiger partial charge in [-0.2, -0.15) is 0 Å². The second-order valence-corrected chi connectivity index (χ2v) is 7.04. The predicted octanol–water partition coefficient (Wildman–Crippen LogP) is 2.13. The summed E-state index contributed by atoms with van der Waals surface area (Å²) in [5.41, 5.74) is 0.153. The van der Waals surface area contributed by atoms with Crippen molar-refractivity contribution in [3.8, 4) is 0 Å². The van der Waals surface area contributed by atoms with E-state index >= 15 is 0 Å². The number of nitrogens with zero attached hydrogens (tertiary/aromatic N) is 2. The summed E-state index contributed by atoms with van der Waals surface area (Å²) in [5, 5.41) is 6.99. The molecule has 0 unspecified atom stereocenters. The Morgan fingerprint density at radius 3 is 2.71 bits per heavy atom. The van der Waals surface area contributed by atoms with E-state index in [9.17, 15) is 18.4 Å². The van der Waals surface area contributed by atoms with Crippen molar-refractivity contribution in [3.63, 3.8) is 0 Å². The summed E-state index contributed by atoms with van der Waals surface area (Å²) in [4.78, 5) is 30.6. The number of hydrogen-bond acceptors (Lipinski definition) is 6. The van der Waals surface area contributed by atoms with Crippen LogP contribution in [0.4, 0.5) is 13.9 Å². The van der Waals surface area contributed by atoms with Crippen molar-refractivity contribution in [2.75, 3.05) is 44.7 Å². The van der Waals surface area contributed by atoms with E-state index in [-0.39, 0.29) is 22.3 Å². The molecule has 0 radical (unpaired) electrons. The van der Waals surface area contributed by atoms with Gasteiger partial charge < -0.3 is 10.1 Å². The maximum absolute atomic E-state index is 13.2. The van der Waals surface area contributed by atoms with Crippen LogP contribution in [-0.2, 0) is 4.74 Å². The number of anilines is 1. The van der Waals surface area contributed by atoms with Crippen molar-refractivity contribution in [2.24, 2.45) is 0 Å². The Morgan fingerprint density at radius 2 is 1.96 bits per heavy atom. The number of aromatic nitrogens is 1. The molecule has 1 fully saturated rings. The Morgan fingerprint density at radius 1 is 1.18 bits per heavy atom. The van der Waals surface area contributed by atoms with Gasteiger partial charge in [0, 0.05) is 30.6 Å². The fourth-order valence-electron chi connectivity index (χ4n) is 2.66. The quantitative estimate of drug-likeness (QED) is 0.684. The van der Waals surface area contributed by atoms with E-state index in [0.29, 0.717) is 6.54 Å². The van der Waals surface area contributed by atoms with Crippen molar-refractivity contribution in [2.45, 2.75) is 6.42 Å². The summed E-state index contributed by atoms with van der Waals surface area (Å²) in [5.74, 6) is -3.10. The lowest BCUT2D eigenvalue weighted by Crippen LogP contribution is -2.38. The molecule has 1 aromatic heterocycles. The maximum atomic E-state index is 13.2. The average Bonchev–Trinajstić information content (AvgIpc) is 3.16. The molecule has 2 aromatic rings. The number of benzene rings is 1. The molecular weight excluding hydrogens is 390 g/mol. The highest BCUT2D eigenvalue weighted by atomic mass is 32.1. The molecule has 1 aliphatic rings. The standard InChI is InChI=1S/C18H20F2N4O3S/c19-13-3-2-12(10-14(13)20)16(25)23-18-22-15(11-28-18)17(26)21-4-1-5-24-6-8-27-9-7-24/h2-3,10-11H,1,4-9H2,(H,21,26)(H,22,23,25). The van der Waals surface area contributed by atoms with Gasteiger partial charge in [-0.15, -0.1) is 11.3 Å². The van der Waals surface area contributed by atoms with Gasteiger partial charge in [0.15, 0.2) is 16.8 Å². The van der Waals surface area contributed by atoms with Gasteiger partial charge in [-0.25, -0.2) is 13.8 Å². The first-order chi connectivity index (χ1) is 13.5. The molecule has 0 bridgehead atoms. The van der Waals surface area contributed by atoms with E-state index in [1.807, 2.05) is 0 Å². The lowest BCUT2D eigenvalue weighted by atomic mass is 10.2. The van der Waals surface area contributed by atoms with Gasteiger partial charge >= 0.3 is 0 Å². The Hall–Kier alpha value is -2.43. The summed E-state index contributed by atoms with van der Waals surface area (Å²) < 4.78 is 31.5. The molecule has 1 aromatic carbocycles. The maximum Gasteiger partial charge on any atom is 0.270 e. The minimum Gasteiger partial charge on any atom is -0.379 e. The van der Waals surface area contributed by atoms with E-state index in [1.54, 1.807) is 0 Å². The van der Waals surface area contributed by atoms with Crippen molar-refractivity contribution in [1.82, 2.24) is 15.2 Å². The molecule has 0 atom stereocenters. The molecule has 0 aliphatic carbocycles. The van der Waals surface area contributed by atoms with Crippen LogP contribution in [0.25, 0.3) is 0 Å². The molecule has 150 valence electrons. The fraction of sp³-hybridized carbons (Fsp3) is 0.389. The molecule has 10 heteroatoms. The van der Waals surface area contributed by atoms with Crippen molar-refractivity contribution >= 4 is 28.3 Å². The zero-order valence-corrected chi connectivity index (χ0v) is 15.9. The van der Waals surface area contributed by atoms with Gasteiger partial charge in [-0.1, -0.05) is 0 Å². The van der Waals surface area contributed by atoms with E-state index in [1.165, 1.54) is 11.4 Å². The van der Waals surface area contributed by atoms with Crippen molar-refractivity contribution in [1.29, 1.82) is 0 Å². The zero-order chi connectivity index (χ0) is 19.9. The molecular formula is C18H20F2N4O3S. The third-order valence-corrected chi connectivity index (χ3v) is 4.94. The fourth-order valence-corrected chi connectivity index (χ4v) is 3.35. The van der Waals surface area contributed by atoms with Crippen LogP contribution in [0.2, 0.25) is 0 Å². The number of thiazole rings is 1. The van der Waals surface area contributed by atoms with Crippen LogP contribution in [0.1, 0.15) is 27.3 Å². The summed E-state index contributed by atoms with van der Waals surface area (Å²) in [7, 11) is 0. The Labute approximate surface area is 164 Å². The Kier molecular flexibility index (Phi) is 7.01. The van der Waals surface area contributed by atoms with Crippen LogP contribution < -0.4 is 10.6 Å². The SMILES string of the molecule is O=C(Nc1nc(C(=O)NCCCN2CCOCC2)cs1)c1ccc(F)c(F)c1. The van der Waals surface area contributed by atoms with E-state index < -0.39 is 17.5 Å². The third kappa shape index (κ3) is 5.54. The number of morpholine rings is 1. The molecule has 3 rings (SSSR count). The molecule has 7 nitrogen and oxygen atoms in total. The summed E-state index contributed by atoms with van der Waals surface area (Å²) in [6, 6.07) is 2.85. The highest BCUT2D eigenvalue weighted by Crippen LogP contribution is 2.17. The number of hydrogen-bond donors (Lipinski definition) is 2. The van der Waals surface area contributed by atoms with E-state index in [2.05, 4.69) is 20.5 Å². The summed E-state index contributed by atoms with van der Waals surface area (Å²) >= 11 is 1.08. The van der Waals surface area contributed by atoms with Crippen LogP contribution >= 0.6 is 11.3 Å². The Bertz CT molecular complexity index is 840. The predicted molar refractivity (Wildman–Crippen MR) is 101 cm³/mol. The molecule has 0 spiro atoms. The lowest BCUT2D eigenvalue weighted by molar-refractivity contribution is 0.0374. The number of rotatable bonds is 7. The normalized spacial score (nSPS) is 14.6. The molecule has 2 N–H and O–H groups in total. The second kappa shape index (κ2) is 9.67. The smallest absolute Gasteiger partial charge is 0.270 e. The third-order valence-electron chi connectivity index (χ3n) is 4.18. The summed E-state index contributed by atoms with van der Waals surface area (Å²) in [6.45, 7) is 4.69. The van der Waals surface area contributed by atoms with Gasteiger partial charge in [0.1, 0.15) is 5.69 Å². The molecule has 28 heavy (non-hydrogen) atoms. The van der Waals surface area contributed by atoms with Gasteiger partial charge in [0.05, 0.1) is 13.2 Å². The molecule has 1 saturated heterocycles. The number of nitrogens with one attached hydrogen (secondary N) is 2. The minimum absolute atomic E-state index is 0.0387. The highest BCUT2D eigenvalue weighted by molar-refractivity contribution is 7.14. The average molecular weight is 410 g/mol. The van der Waals surface area contributed by atoms with Crippen LogP contribution in [0.5, 0.6) is 0 Å². The second-order valence-electron chi connectivity index (χ2n) is 6.18. The highest BCUT2D eigenvalue weighted by Gasteiger charge is 2.15. The van der Waals surface area contributed by atoms with Crippen LogP contribution in [-0.4, -0.2) is 61.1 Å². The monoisotopic (exact) mass is 410 g/mol. The first kappa shape index (κ1) is 20.3. The summed E-state index contributed by atoms with van der Waals surface area (Å²) in [6.07, 6.45) is 0.815. The number of amides is 2. The van der Waals surface area contributed by atoms with Crippen molar-refractivity contribution < 1.29 is 23.1 Å². The van der Waals surface area contributed by atoms with Crippen LogP contribution in [0.3, 0.4) is 0 Å². The molecule has 0 saturated carbocycles. The number of carbonyl (C=O) groups is 2.